The van der Waals surface area contributed by atoms with Crippen LogP contribution in [-0.2, 0) is 14.8 Å². The molecule has 32 heavy (non-hydrogen) atoms. The summed E-state index contributed by atoms with van der Waals surface area (Å²) < 4.78 is 54.2. The SMILES string of the molecule is CC(C)(C)CC(NC(=O)C1CCN(S(=O)(=O)c2cc(F)ccc2F)CC1)c1ccccc1. The minimum Gasteiger partial charge on any atom is -0.349 e. The molecule has 1 unspecified atom stereocenters. The summed E-state index contributed by atoms with van der Waals surface area (Å²) in [5.41, 5.74) is 1.03. The molecule has 0 aromatic heterocycles. The van der Waals surface area contributed by atoms with Gasteiger partial charge in [-0.15, -0.1) is 0 Å². The first-order chi connectivity index (χ1) is 15.0. The van der Waals surface area contributed by atoms with Crippen LogP contribution in [0.15, 0.2) is 53.4 Å². The van der Waals surface area contributed by atoms with E-state index in [4.69, 9.17) is 0 Å². The van der Waals surface area contributed by atoms with Gasteiger partial charge in [0.1, 0.15) is 16.5 Å². The fourth-order valence-electron chi connectivity index (χ4n) is 4.01. The number of halogens is 2. The molecule has 1 atom stereocenters. The topological polar surface area (TPSA) is 66.5 Å². The molecule has 0 bridgehead atoms. The number of benzene rings is 2. The maximum absolute atomic E-state index is 14.0. The van der Waals surface area contributed by atoms with Gasteiger partial charge in [-0.25, -0.2) is 17.2 Å². The van der Waals surface area contributed by atoms with E-state index in [1.54, 1.807) is 0 Å². The molecule has 0 aliphatic carbocycles. The van der Waals surface area contributed by atoms with Gasteiger partial charge in [0, 0.05) is 19.0 Å². The number of nitrogens with one attached hydrogen (secondary N) is 1. The van der Waals surface area contributed by atoms with Gasteiger partial charge < -0.3 is 5.32 Å². The lowest BCUT2D eigenvalue weighted by Gasteiger charge is -2.33. The summed E-state index contributed by atoms with van der Waals surface area (Å²) in [4.78, 5) is 12.3. The molecule has 1 fully saturated rings. The Balaban J connectivity index is 1.67. The summed E-state index contributed by atoms with van der Waals surface area (Å²) in [6.45, 7) is 6.50. The third-order valence-electron chi connectivity index (χ3n) is 5.67. The van der Waals surface area contributed by atoms with E-state index >= 15 is 0 Å². The summed E-state index contributed by atoms with van der Waals surface area (Å²) in [6, 6.07) is 12.0. The quantitative estimate of drug-likeness (QED) is 0.676. The van der Waals surface area contributed by atoms with E-state index in [0.717, 1.165) is 28.4 Å². The minimum atomic E-state index is -4.17. The number of carbonyl (C=O) groups is 1. The Morgan fingerprint density at radius 3 is 2.31 bits per heavy atom. The number of hydrogen-bond acceptors (Lipinski definition) is 3. The molecule has 2 aromatic rings. The number of amides is 1. The molecule has 1 amide bonds. The molecule has 0 saturated carbocycles. The van der Waals surface area contributed by atoms with Crippen LogP contribution in [0.4, 0.5) is 8.78 Å². The van der Waals surface area contributed by atoms with E-state index in [-0.39, 0.29) is 36.4 Å². The third-order valence-corrected chi connectivity index (χ3v) is 7.58. The van der Waals surface area contributed by atoms with Gasteiger partial charge in [-0.1, -0.05) is 51.1 Å². The molecule has 5 nitrogen and oxygen atoms in total. The van der Waals surface area contributed by atoms with Gasteiger partial charge in [0.2, 0.25) is 15.9 Å². The van der Waals surface area contributed by atoms with Crippen molar-refractivity contribution in [2.75, 3.05) is 13.1 Å². The normalized spacial score (nSPS) is 17.2. The van der Waals surface area contributed by atoms with Crippen LogP contribution in [0.5, 0.6) is 0 Å². The van der Waals surface area contributed by atoms with Crippen molar-refractivity contribution < 1.29 is 22.0 Å². The van der Waals surface area contributed by atoms with Crippen molar-refractivity contribution in [2.45, 2.75) is 51.0 Å². The third kappa shape index (κ3) is 5.92. The van der Waals surface area contributed by atoms with Gasteiger partial charge in [-0.3, -0.25) is 4.79 Å². The maximum Gasteiger partial charge on any atom is 0.246 e. The Morgan fingerprint density at radius 1 is 1.09 bits per heavy atom. The summed E-state index contributed by atoms with van der Waals surface area (Å²) in [5, 5.41) is 3.14. The van der Waals surface area contributed by atoms with Gasteiger partial charge in [-0.05, 0) is 48.4 Å². The first-order valence-corrected chi connectivity index (χ1v) is 12.2. The first-order valence-electron chi connectivity index (χ1n) is 10.8. The van der Waals surface area contributed by atoms with Gasteiger partial charge >= 0.3 is 0 Å². The highest BCUT2D eigenvalue weighted by atomic mass is 32.2. The van der Waals surface area contributed by atoms with E-state index in [1.807, 2.05) is 30.3 Å². The molecule has 1 aliphatic rings. The van der Waals surface area contributed by atoms with E-state index in [1.165, 1.54) is 0 Å². The Labute approximate surface area is 188 Å². The van der Waals surface area contributed by atoms with Gasteiger partial charge in [0.25, 0.3) is 0 Å². The van der Waals surface area contributed by atoms with Crippen LogP contribution in [-0.4, -0.2) is 31.7 Å². The molecular weight excluding hydrogens is 434 g/mol. The molecular formula is C24H30F2N2O3S. The monoisotopic (exact) mass is 464 g/mol. The van der Waals surface area contributed by atoms with Crippen LogP contribution in [0, 0.1) is 23.0 Å². The van der Waals surface area contributed by atoms with Gasteiger partial charge in [0.05, 0.1) is 6.04 Å². The highest BCUT2D eigenvalue weighted by Gasteiger charge is 2.34. The summed E-state index contributed by atoms with van der Waals surface area (Å²) in [6.07, 6.45) is 1.40. The molecule has 1 N–H and O–H groups in total. The van der Waals surface area contributed by atoms with E-state index in [0.29, 0.717) is 18.9 Å². The Morgan fingerprint density at radius 2 is 1.72 bits per heavy atom. The fraction of sp³-hybridized carbons (Fsp3) is 0.458. The van der Waals surface area contributed by atoms with Crippen molar-refractivity contribution in [3.8, 4) is 0 Å². The zero-order valence-electron chi connectivity index (χ0n) is 18.6. The highest BCUT2D eigenvalue weighted by Crippen LogP contribution is 2.31. The molecule has 0 radical (unpaired) electrons. The van der Waals surface area contributed by atoms with Crippen molar-refractivity contribution in [3.05, 3.63) is 65.7 Å². The minimum absolute atomic E-state index is 0.000259. The van der Waals surface area contributed by atoms with E-state index in [9.17, 15) is 22.0 Å². The fourth-order valence-corrected chi connectivity index (χ4v) is 5.56. The summed E-state index contributed by atoms with van der Waals surface area (Å²) in [7, 11) is -4.17. The molecule has 174 valence electrons. The van der Waals surface area contributed by atoms with Crippen molar-refractivity contribution in [1.82, 2.24) is 9.62 Å². The molecule has 1 aliphatic heterocycles. The largest absolute Gasteiger partial charge is 0.349 e. The molecule has 3 rings (SSSR count). The van der Waals surface area contributed by atoms with Gasteiger partial charge in [-0.2, -0.15) is 4.31 Å². The van der Waals surface area contributed by atoms with Crippen molar-refractivity contribution >= 4 is 15.9 Å². The lowest BCUT2D eigenvalue weighted by Crippen LogP contribution is -2.44. The Bertz CT molecular complexity index is 1040. The first kappa shape index (κ1) is 24.3. The van der Waals surface area contributed by atoms with Crippen LogP contribution >= 0.6 is 0 Å². The lowest BCUT2D eigenvalue weighted by molar-refractivity contribution is -0.127. The van der Waals surface area contributed by atoms with Crippen LogP contribution in [0.2, 0.25) is 0 Å². The maximum atomic E-state index is 14.0. The number of rotatable bonds is 6. The second-order valence-electron chi connectivity index (χ2n) is 9.49. The summed E-state index contributed by atoms with van der Waals surface area (Å²) >= 11 is 0. The van der Waals surface area contributed by atoms with Crippen LogP contribution in [0.25, 0.3) is 0 Å². The number of hydrogen-bond donors (Lipinski definition) is 1. The Hall–Kier alpha value is -2.32. The standard InChI is InChI=1S/C24H30F2N2O3S/c1-24(2,3)16-21(17-7-5-4-6-8-17)27-23(29)18-11-13-28(14-12-18)32(30,31)22-15-19(25)9-10-20(22)26/h4-10,15,18,21H,11-14,16H2,1-3H3,(H,27,29). The van der Waals surface area contributed by atoms with Crippen molar-refractivity contribution in [3.63, 3.8) is 0 Å². The van der Waals surface area contributed by atoms with Crippen LogP contribution in [0.3, 0.4) is 0 Å². The van der Waals surface area contributed by atoms with Gasteiger partial charge in [0.15, 0.2) is 0 Å². The van der Waals surface area contributed by atoms with Crippen LogP contribution < -0.4 is 5.32 Å². The smallest absolute Gasteiger partial charge is 0.246 e. The average molecular weight is 465 g/mol. The average Bonchev–Trinajstić information content (AvgIpc) is 2.74. The molecule has 8 heteroatoms. The number of nitrogens with zero attached hydrogens (tertiary/aromatic N) is 1. The lowest BCUT2D eigenvalue weighted by atomic mass is 9.85. The Kier molecular flexibility index (Phi) is 7.35. The number of sulfonamides is 1. The van der Waals surface area contributed by atoms with Crippen LogP contribution in [0.1, 0.15) is 51.6 Å². The van der Waals surface area contributed by atoms with Crippen molar-refractivity contribution in [1.29, 1.82) is 0 Å². The second-order valence-corrected chi connectivity index (χ2v) is 11.4. The van der Waals surface area contributed by atoms with E-state index < -0.39 is 26.6 Å². The van der Waals surface area contributed by atoms with E-state index in [2.05, 4.69) is 26.1 Å². The molecule has 2 aromatic carbocycles. The summed E-state index contributed by atoms with van der Waals surface area (Å²) in [5.74, 6) is -2.26. The predicted molar refractivity (Wildman–Crippen MR) is 119 cm³/mol. The zero-order chi connectivity index (χ0) is 23.5. The molecule has 1 saturated heterocycles. The molecule has 0 spiro atoms. The second kappa shape index (κ2) is 9.67. The van der Waals surface area contributed by atoms with Crippen molar-refractivity contribution in [2.24, 2.45) is 11.3 Å². The highest BCUT2D eigenvalue weighted by molar-refractivity contribution is 7.89. The zero-order valence-corrected chi connectivity index (χ0v) is 19.5. The molecule has 1 heterocycles. The number of piperidine rings is 1. The predicted octanol–water partition coefficient (Wildman–Crippen LogP) is 4.66. The number of carbonyl (C=O) groups excluding carboxylic acids is 1.